The largest absolute Gasteiger partial charge is 0.354 e. The first kappa shape index (κ1) is 15.5. The summed E-state index contributed by atoms with van der Waals surface area (Å²) >= 11 is 0. The Kier molecular flexibility index (Phi) is 4.99. The van der Waals surface area contributed by atoms with Crippen LogP contribution in [0.3, 0.4) is 0 Å². The first-order valence-electron chi connectivity index (χ1n) is 7.62. The third-order valence-corrected chi connectivity index (χ3v) is 4.36. The quantitative estimate of drug-likeness (QED) is 0.905. The molecule has 4 nitrogen and oxygen atoms in total. The molecule has 0 bridgehead atoms. The molecule has 1 aliphatic rings. The zero-order valence-corrected chi connectivity index (χ0v) is 13.1. The van der Waals surface area contributed by atoms with Crippen molar-refractivity contribution in [1.29, 1.82) is 0 Å². The number of benzene rings is 1. The third-order valence-electron chi connectivity index (χ3n) is 4.36. The van der Waals surface area contributed by atoms with Crippen LogP contribution in [-0.2, 0) is 9.59 Å². The van der Waals surface area contributed by atoms with Gasteiger partial charge in [0, 0.05) is 31.6 Å². The number of hydrogen-bond donors (Lipinski definition) is 1. The van der Waals surface area contributed by atoms with Crippen molar-refractivity contribution in [2.24, 2.45) is 5.92 Å². The Balaban J connectivity index is 1.97. The van der Waals surface area contributed by atoms with E-state index in [1.54, 1.807) is 11.8 Å². The van der Waals surface area contributed by atoms with Crippen LogP contribution in [0.2, 0.25) is 0 Å². The minimum atomic E-state index is 0.00148. The van der Waals surface area contributed by atoms with E-state index in [2.05, 4.69) is 5.32 Å². The van der Waals surface area contributed by atoms with Crippen LogP contribution >= 0.6 is 0 Å². The molecule has 0 atom stereocenters. The molecule has 2 amide bonds. The summed E-state index contributed by atoms with van der Waals surface area (Å²) in [6.45, 7) is 6.64. The highest BCUT2D eigenvalue weighted by molar-refractivity contribution is 5.92. The Labute approximate surface area is 126 Å². The molecule has 0 aliphatic heterocycles. The highest BCUT2D eigenvalue weighted by Gasteiger charge is 2.25. The molecule has 1 N–H and O–H groups in total. The highest BCUT2D eigenvalue weighted by atomic mass is 16.2. The Bertz CT molecular complexity index is 536. The molecule has 1 aromatic carbocycles. The molecule has 1 saturated carbocycles. The molecule has 1 aromatic rings. The number of carbonyl (C=O) groups is 2. The van der Waals surface area contributed by atoms with Crippen LogP contribution in [0.1, 0.15) is 37.3 Å². The van der Waals surface area contributed by atoms with E-state index in [1.165, 1.54) is 0 Å². The van der Waals surface area contributed by atoms with Gasteiger partial charge in [0.15, 0.2) is 0 Å². The number of anilines is 1. The SMILES string of the molecule is CC(=O)N(CCNC(=O)C1CCC1)c1cccc(C)c1C. The molecule has 2 rings (SSSR count). The van der Waals surface area contributed by atoms with Crippen LogP contribution in [0.15, 0.2) is 18.2 Å². The van der Waals surface area contributed by atoms with Gasteiger partial charge in [0.25, 0.3) is 0 Å². The first-order valence-corrected chi connectivity index (χ1v) is 7.62. The molecule has 0 saturated heterocycles. The van der Waals surface area contributed by atoms with E-state index in [0.29, 0.717) is 13.1 Å². The lowest BCUT2D eigenvalue weighted by Crippen LogP contribution is -2.41. The number of aryl methyl sites for hydroxylation is 1. The number of nitrogens with zero attached hydrogens (tertiary/aromatic N) is 1. The number of hydrogen-bond acceptors (Lipinski definition) is 2. The van der Waals surface area contributed by atoms with Crippen molar-refractivity contribution in [3.8, 4) is 0 Å². The Morgan fingerprint density at radius 3 is 2.57 bits per heavy atom. The van der Waals surface area contributed by atoms with E-state index in [1.807, 2.05) is 32.0 Å². The fourth-order valence-electron chi connectivity index (χ4n) is 2.58. The molecule has 1 fully saturated rings. The lowest BCUT2D eigenvalue weighted by Gasteiger charge is -2.26. The molecular formula is C17H24N2O2. The number of rotatable bonds is 5. The van der Waals surface area contributed by atoms with Gasteiger partial charge in [-0.1, -0.05) is 18.6 Å². The Morgan fingerprint density at radius 2 is 2.00 bits per heavy atom. The second kappa shape index (κ2) is 6.74. The van der Waals surface area contributed by atoms with Crippen molar-refractivity contribution < 1.29 is 9.59 Å². The lowest BCUT2D eigenvalue weighted by molar-refractivity contribution is -0.127. The van der Waals surface area contributed by atoms with Gasteiger partial charge in [-0.15, -0.1) is 0 Å². The van der Waals surface area contributed by atoms with Gasteiger partial charge in [-0.05, 0) is 43.9 Å². The highest BCUT2D eigenvalue weighted by Crippen LogP contribution is 2.26. The van der Waals surface area contributed by atoms with E-state index in [0.717, 1.165) is 36.1 Å². The zero-order valence-electron chi connectivity index (χ0n) is 13.1. The maximum atomic E-state index is 11.9. The smallest absolute Gasteiger partial charge is 0.223 e. The number of carbonyl (C=O) groups excluding carboxylic acids is 2. The van der Waals surface area contributed by atoms with E-state index < -0.39 is 0 Å². The summed E-state index contributed by atoms with van der Waals surface area (Å²) in [4.78, 5) is 25.5. The maximum Gasteiger partial charge on any atom is 0.223 e. The van der Waals surface area contributed by atoms with Gasteiger partial charge in [-0.25, -0.2) is 0 Å². The second-order valence-electron chi connectivity index (χ2n) is 5.81. The molecule has 1 aliphatic carbocycles. The van der Waals surface area contributed by atoms with Gasteiger partial charge in [0.2, 0.25) is 11.8 Å². The average Bonchev–Trinajstić information content (AvgIpc) is 2.36. The Morgan fingerprint density at radius 1 is 1.29 bits per heavy atom. The van der Waals surface area contributed by atoms with Crippen molar-refractivity contribution in [3.05, 3.63) is 29.3 Å². The van der Waals surface area contributed by atoms with Crippen LogP contribution in [0.5, 0.6) is 0 Å². The summed E-state index contributed by atoms with van der Waals surface area (Å²) in [5, 5.41) is 2.94. The van der Waals surface area contributed by atoms with E-state index >= 15 is 0 Å². The van der Waals surface area contributed by atoms with Gasteiger partial charge in [0.05, 0.1) is 0 Å². The molecule has 0 aromatic heterocycles. The van der Waals surface area contributed by atoms with Crippen molar-refractivity contribution in [3.63, 3.8) is 0 Å². The van der Waals surface area contributed by atoms with Crippen LogP contribution in [0.25, 0.3) is 0 Å². The van der Waals surface area contributed by atoms with E-state index in [9.17, 15) is 9.59 Å². The average molecular weight is 288 g/mol. The minimum absolute atomic E-state index is 0.00148. The predicted octanol–water partition coefficient (Wildman–Crippen LogP) is 2.57. The minimum Gasteiger partial charge on any atom is -0.354 e. The van der Waals surface area contributed by atoms with Crippen molar-refractivity contribution in [2.75, 3.05) is 18.0 Å². The topological polar surface area (TPSA) is 49.4 Å². The van der Waals surface area contributed by atoms with Gasteiger partial charge >= 0.3 is 0 Å². The molecule has 114 valence electrons. The summed E-state index contributed by atoms with van der Waals surface area (Å²) in [5.74, 6) is 0.323. The molecular weight excluding hydrogens is 264 g/mol. The summed E-state index contributed by atoms with van der Waals surface area (Å²) in [6, 6.07) is 5.95. The second-order valence-corrected chi connectivity index (χ2v) is 5.81. The van der Waals surface area contributed by atoms with Gasteiger partial charge in [-0.2, -0.15) is 0 Å². The summed E-state index contributed by atoms with van der Waals surface area (Å²) < 4.78 is 0. The molecule has 0 spiro atoms. The molecule has 4 heteroatoms. The summed E-state index contributed by atoms with van der Waals surface area (Å²) in [5.41, 5.74) is 3.20. The van der Waals surface area contributed by atoms with Crippen molar-refractivity contribution >= 4 is 17.5 Å². The number of nitrogens with one attached hydrogen (secondary N) is 1. The predicted molar refractivity (Wildman–Crippen MR) is 84.3 cm³/mol. The van der Waals surface area contributed by atoms with Crippen LogP contribution in [0.4, 0.5) is 5.69 Å². The van der Waals surface area contributed by atoms with Gasteiger partial charge < -0.3 is 10.2 Å². The fourth-order valence-corrected chi connectivity index (χ4v) is 2.58. The van der Waals surface area contributed by atoms with Gasteiger partial charge in [-0.3, -0.25) is 9.59 Å². The normalized spacial score (nSPS) is 14.4. The zero-order chi connectivity index (χ0) is 15.4. The Hall–Kier alpha value is -1.84. The van der Waals surface area contributed by atoms with Gasteiger partial charge in [0.1, 0.15) is 0 Å². The molecule has 21 heavy (non-hydrogen) atoms. The monoisotopic (exact) mass is 288 g/mol. The fraction of sp³-hybridized carbons (Fsp3) is 0.529. The first-order chi connectivity index (χ1) is 10.0. The lowest BCUT2D eigenvalue weighted by atomic mass is 9.85. The maximum absolute atomic E-state index is 11.9. The van der Waals surface area contributed by atoms with Crippen LogP contribution in [-0.4, -0.2) is 24.9 Å². The molecule has 0 heterocycles. The van der Waals surface area contributed by atoms with Crippen molar-refractivity contribution in [2.45, 2.75) is 40.0 Å². The van der Waals surface area contributed by atoms with E-state index in [4.69, 9.17) is 0 Å². The number of amides is 2. The van der Waals surface area contributed by atoms with Crippen LogP contribution < -0.4 is 10.2 Å². The standard InChI is InChI=1S/C17H24N2O2/c1-12-6-4-9-16(13(12)2)19(14(3)20)11-10-18-17(21)15-7-5-8-15/h4,6,9,15H,5,7-8,10-11H2,1-3H3,(H,18,21). The van der Waals surface area contributed by atoms with Crippen LogP contribution in [0, 0.1) is 19.8 Å². The summed E-state index contributed by atoms with van der Waals surface area (Å²) in [7, 11) is 0. The summed E-state index contributed by atoms with van der Waals surface area (Å²) in [6.07, 6.45) is 3.15. The van der Waals surface area contributed by atoms with E-state index in [-0.39, 0.29) is 17.7 Å². The molecule has 0 radical (unpaired) electrons. The van der Waals surface area contributed by atoms with Crippen molar-refractivity contribution in [1.82, 2.24) is 5.32 Å². The third kappa shape index (κ3) is 3.63. The molecule has 0 unspecified atom stereocenters.